The van der Waals surface area contributed by atoms with Crippen LogP contribution in [0.1, 0.15) is 32.6 Å². The number of aromatic nitrogens is 2. The van der Waals surface area contributed by atoms with E-state index in [-0.39, 0.29) is 5.75 Å². The fraction of sp³-hybridized carbons (Fsp3) is 0.529. The van der Waals surface area contributed by atoms with Gasteiger partial charge in [0.2, 0.25) is 10.0 Å². The van der Waals surface area contributed by atoms with Crippen molar-refractivity contribution in [2.45, 2.75) is 38.6 Å². The first-order valence-electron chi connectivity index (χ1n) is 8.65. The first-order chi connectivity index (χ1) is 12.1. The van der Waals surface area contributed by atoms with Crippen molar-refractivity contribution in [3.63, 3.8) is 0 Å². The number of nitrogens with zero attached hydrogens (tertiary/aromatic N) is 2. The molecule has 136 valence electrons. The number of rotatable bonds is 7. The minimum Gasteiger partial charge on any atom is -0.367 e. The molecule has 25 heavy (non-hydrogen) atoms. The van der Waals surface area contributed by atoms with Crippen LogP contribution in [-0.4, -0.2) is 36.7 Å². The van der Waals surface area contributed by atoms with E-state index >= 15 is 0 Å². The minimum absolute atomic E-state index is 0.145. The summed E-state index contributed by atoms with van der Waals surface area (Å²) in [4.78, 5) is 8.78. The summed E-state index contributed by atoms with van der Waals surface area (Å²) in [5, 5.41) is 6.43. The van der Waals surface area contributed by atoms with Crippen LogP contribution in [0.3, 0.4) is 0 Å². The summed E-state index contributed by atoms with van der Waals surface area (Å²) in [5.41, 5.74) is 1.03. The molecule has 0 aromatic carbocycles. The Hall–Kier alpha value is -1.51. The van der Waals surface area contributed by atoms with Gasteiger partial charge in [0.1, 0.15) is 10.8 Å². The lowest BCUT2D eigenvalue weighted by molar-refractivity contribution is 0.337. The Bertz CT molecular complexity index is 752. The topological polar surface area (TPSA) is 84.0 Å². The van der Waals surface area contributed by atoms with Gasteiger partial charge < -0.3 is 5.32 Å². The molecule has 0 amide bonds. The predicted molar refractivity (Wildman–Crippen MR) is 102 cm³/mol. The molecule has 0 atom stereocenters. The van der Waals surface area contributed by atoms with Gasteiger partial charge in [-0.2, -0.15) is 0 Å². The van der Waals surface area contributed by atoms with Crippen molar-refractivity contribution in [3.05, 3.63) is 29.9 Å². The van der Waals surface area contributed by atoms with Crippen LogP contribution >= 0.6 is 11.3 Å². The monoisotopic (exact) mass is 380 g/mol. The molecule has 0 aliphatic heterocycles. The van der Waals surface area contributed by atoms with Gasteiger partial charge >= 0.3 is 0 Å². The quantitative estimate of drug-likeness (QED) is 0.771. The van der Waals surface area contributed by atoms with Crippen LogP contribution in [0.2, 0.25) is 0 Å². The van der Waals surface area contributed by atoms with Crippen molar-refractivity contribution in [2.24, 2.45) is 5.92 Å². The van der Waals surface area contributed by atoms with Crippen LogP contribution in [0, 0.1) is 5.92 Å². The maximum Gasteiger partial charge on any atom is 0.211 e. The molecule has 0 unspecified atom stereocenters. The molecule has 0 radical (unpaired) electrons. The van der Waals surface area contributed by atoms with Gasteiger partial charge in [-0.05, 0) is 50.7 Å². The van der Waals surface area contributed by atoms with E-state index in [0.717, 1.165) is 42.1 Å². The molecule has 0 spiro atoms. The molecule has 1 aliphatic rings. The summed E-state index contributed by atoms with van der Waals surface area (Å²) in [5.74, 6) is 1.46. The zero-order valence-corrected chi connectivity index (χ0v) is 15.9. The summed E-state index contributed by atoms with van der Waals surface area (Å²) in [7, 11) is -3.08. The molecule has 3 rings (SSSR count). The second kappa shape index (κ2) is 8.25. The first-order valence-corrected chi connectivity index (χ1v) is 11.2. The van der Waals surface area contributed by atoms with E-state index in [9.17, 15) is 8.42 Å². The van der Waals surface area contributed by atoms with Crippen molar-refractivity contribution in [2.75, 3.05) is 17.6 Å². The van der Waals surface area contributed by atoms with Gasteiger partial charge in [-0.25, -0.2) is 23.1 Å². The maximum absolute atomic E-state index is 11.5. The maximum atomic E-state index is 11.5. The molecule has 2 aromatic rings. The summed E-state index contributed by atoms with van der Waals surface area (Å²) >= 11 is 1.61. The van der Waals surface area contributed by atoms with Crippen LogP contribution in [0.25, 0.3) is 10.6 Å². The van der Waals surface area contributed by atoms with Crippen LogP contribution in [0.15, 0.2) is 29.9 Å². The van der Waals surface area contributed by atoms with E-state index in [0.29, 0.717) is 18.5 Å². The van der Waals surface area contributed by atoms with Crippen molar-refractivity contribution < 1.29 is 8.42 Å². The normalized spacial score (nSPS) is 21.2. The summed E-state index contributed by atoms with van der Waals surface area (Å²) in [6.45, 7) is 2.22. The number of hydrogen-bond acceptors (Lipinski definition) is 6. The smallest absolute Gasteiger partial charge is 0.211 e. The minimum atomic E-state index is -3.08. The molecule has 6 nitrogen and oxygen atoms in total. The van der Waals surface area contributed by atoms with E-state index in [1.165, 1.54) is 0 Å². The standard InChI is InChI=1S/C17H24N4O2S2/c1-2-25(22,23)20-11-13-3-6-15(7-4-13)21-16-8-5-14(12-19-16)17-18-9-10-24-17/h5,8-10,12-13,15,20H,2-4,6-7,11H2,1H3,(H,19,21). The fourth-order valence-electron chi connectivity index (χ4n) is 3.04. The number of thiazole rings is 1. The summed E-state index contributed by atoms with van der Waals surface area (Å²) in [6, 6.07) is 4.44. The number of anilines is 1. The third-order valence-corrected chi connectivity index (χ3v) is 6.80. The van der Waals surface area contributed by atoms with E-state index in [2.05, 4.69) is 20.0 Å². The molecular formula is C17H24N4O2S2. The largest absolute Gasteiger partial charge is 0.367 e. The lowest BCUT2D eigenvalue weighted by atomic mass is 9.86. The van der Waals surface area contributed by atoms with Crippen LogP contribution in [0.5, 0.6) is 0 Å². The zero-order chi connectivity index (χ0) is 17.7. The molecule has 8 heteroatoms. The van der Waals surface area contributed by atoms with Crippen LogP contribution in [-0.2, 0) is 10.0 Å². The molecule has 1 saturated carbocycles. The number of pyridine rings is 1. The lowest BCUT2D eigenvalue weighted by Crippen LogP contribution is -2.34. The number of nitrogens with one attached hydrogen (secondary N) is 2. The van der Waals surface area contributed by atoms with E-state index in [4.69, 9.17) is 0 Å². The van der Waals surface area contributed by atoms with Gasteiger partial charge in [-0.3, -0.25) is 0 Å². The molecule has 1 aliphatic carbocycles. The highest BCUT2D eigenvalue weighted by Gasteiger charge is 2.22. The predicted octanol–water partition coefficient (Wildman–Crippen LogP) is 3.12. The molecule has 2 N–H and O–H groups in total. The van der Waals surface area contributed by atoms with Gasteiger partial charge in [-0.1, -0.05) is 0 Å². The summed E-state index contributed by atoms with van der Waals surface area (Å²) in [6.07, 6.45) is 7.78. The molecule has 2 aromatic heterocycles. The zero-order valence-electron chi connectivity index (χ0n) is 14.3. The molecule has 0 saturated heterocycles. The molecule has 0 bridgehead atoms. The van der Waals surface area contributed by atoms with Crippen LogP contribution < -0.4 is 10.0 Å². The van der Waals surface area contributed by atoms with Gasteiger partial charge in [0.25, 0.3) is 0 Å². The average molecular weight is 381 g/mol. The molecule has 2 heterocycles. The van der Waals surface area contributed by atoms with E-state index in [1.807, 2.05) is 23.7 Å². The summed E-state index contributed by atoms with van der Waals surface area (Å²) < 4.78 is 25.7. The van der Waals surface area contributed by atoms with Gasteiger partial charge in [0.15, 0.2) is 0 Å². The average Bonchev–Trinajstić information content (AvgIpc) is 3.17. The third kappa shape index (κ3) is 5.23. The van der Waals surface area contributed by atoms with E-state index < -0.39 is 10.0 Å². The lowest BCUT2D eigenvalue weighted by Gasteiger charge is -2.29. The molecule has 1 fully saturated rings. The highest BCUT2D eigenvalue weighted by Crippen LogP contribution is 2.27. The second-order valence-electron chi connectivity index (χ2n) is 6.38. The Morgan fingerprint density at radius 3 is 2.60 bits per heavy atom. The highest BCUT2D eigenvalue weighted by molar-refractivity contribution is 7.89. The fourth-order valence-corrected chi connectivity index (χ4v) is 4.36. The van der Waals surface area contributed by atoms with Gasteiger partial charge in [0.05, 0.1) is 5.75 Å². The highest BCUT2D eigenvalue weighted by atomic mass is 32.2. The third-order valence-electron chi connectivity index (χ3n) is 4.61. The Kier molecular flexibility index (Phi) is 6.03. The van der Waals surface area contributed by atoms with Crippen molar-refractivity contribution in [1.82, 2.24) is 14.7 Å². The Morgan fingerprint density at radius 2 is 2.00 bits per heavy atom. The SMILES string of the molecule is CCS(=O)(=O)NCC1CCC(Nc2ccc(-c3nccs3)cn2)CC1. The second-order valence-corrected chi connectivity index (χ2v) is 9.37. The Labute approximate surface area is 153 Å². The van der Waals surface area contributed by atoms with E-state index in [1.54, 1.807) is 24.5 Å². The van der Waals surface area contributed by atoms with Crippen molar-refractivity contribution in [1.29, 1.82) is 0 Å². The number of sulfonamides is 1. The van der Waals surface area contributed by atoms with Crippen molar-refractivity contribution >= 4 is 27.2 Å². The van der Waals surface area contributed by atoms with Gasteiger partial charge in [-0.15, -0.1) is 11.3 Å². The van der Waals surface area contributed by atoms with Crippen molar-refractivity contribution in [3.8, 4) is 10.6 Å². The molecular weight excluding hydrogens is 356 g/mol. The number of hydrogen-bond donors (Lipinski definition) is 2. The Balaban J connectivity index is 1.46. The Morgan fingerprint density at radius 1 is 1.20 bits per heavy atom. The first kappa shape index (κ1) is 18.3. The van der Waals surface area contributed by atoms with Crippen LogP contribution in [0.4, 0.5) is 5.82 Å². The van der Waals surface area contributed by atoms with Gasteiger partial charge in [0, 0.05) is 35.9 Å².